The third-order valence-corrected chi connectivity index (χ3v) is 5.73. The van der Waals surface area contributed by atoms with Crippen LogP contribution in [0.1, 0.15) is 35.3 Å². The number of hydrogen-bond acceptors (Lipinski definition) is 7. The largest absolute Gasteiger partial charge is 0.455 e. The van der Waals surface area contributed by atoms with Crippen molar-refractivity contribution < 1.29 is 14.0 Å². The summed E-state index contributed by atoms with van der Waals surface area (Å²) in [6.07, 6.45) is 1.62. The van der Waals surface area contributed by atoms with E-state index >= 15 is 0 Å². The standard InChI is InChI=1S/C27H26N4O4/c1-16-13-20(18(3)30-22-11-8-12-29-23(22)27(28-4)31-34-15-32)26-21(14-16)24(33)17(2)25(35-26)19-9-6-5-7-10-19/h5-15,18,30H,1-4H3,(H,28,31). The molecule has 8 heteroatoms. The number of aromatic nitrogens is 1. The number of aliphatic imine (C=N–C) groups is 1. The van der Waals surface area contributed by atoms with Gasteiger partial charge in [0.2, 0.25) is 0 Å². The zero-order valence-electron chi connectivity index (χ0n) is 20.0. The molecule has 1 atom stereocenters. The van der Waals surface area contributed by atoms with Crippen LogP contribution in [0.25, 0.3) is 22.3 Å². The van der Waals surface area contributed by atoms with Crippen molar-refractivity contribution in [1.82, 2.24) is 10.5 Å². The molecule has 35 heavy (non-hydrogen) atoms. The molecule has 4 aromatic rings. The molecule has 0 bridgehead atoms. The molecule has 0 amide bonds. The van der Waals surface area contributed by atoms with Crippen molar-refractivity contribution in [3.8, 4) is 11.3 Å². The monoisotopic (exact) mass is 470 g/mol. The number of carbonyl (C=O) groups is 1. The molecule has 0 aliphatic rings. The van der Waals surface area contributed by atoms with Gasteiger partial charge in [0.25, 0.3) is 0 Å². The zero-order chi connectivity index (χ0) is 24.9. The third kappa shape index (κ3) is 4.77. The van der Waals surface area contributed by atoms with Gasteiger partial charge in [0.15, 0.2) is 11.3 Å². The summed E-state index contributed by atoms with van der Waals surface area (Å²) in [5, 5.41) is 3.98. The highest BCUT2D eigenvalue weighted by atomic mass is 16.7. The highest BCUT2D eigenvalue weighted by molar-refractivity contribution is 6.01. The first-order valence-corrected chi connectivity index (χ1v) is 11.1. The second-order valence-electron chi connectivity index (χ2n) is 8.14. The quantitative estimate of drug-likeness (QED) is 0.175. The van der Waals surface area contributed by atoms with Gasteiger partial charge in [0, 0.05) is 29.9 Å². The van der Waals surface area contributed by atoms with Gasteiger partial charge in [0.05, 0.1) is 17.1 Å². The summed E-state index contributed by atoms with van der Waals surface area (Å²) in [6.45, 7) is 6.00. The number of nitrogens with zero attached hydrogens (tertiary/aromatic N) is 2. The average Bonchev–Trinajstić information content (AvgIpc) is 2.87. The van der Waals surface area contributed by atoms with Gasteiger partial charge in [-0.25, -0.2) is 0 Å². The van der Waals surface area contributed by atoms with Crippen LogP contribution < -0.4 is 16.2 Å². The minimum atomic E-state index is -0.264. The van der Waals surface area contributed by atoms with Crippen LogP contribution in [0.5, 0.6) is 0 Å². The number of fused-ring (bicyclic) bond motifs is 1. The smallest absolute Gasteiger partial charge is 0.320 e. The minimum Gasteiger partial charge on any atom is -0.455 e. The first-order chi connectivity index (χ1) is 16.9. The van der Waals surface area contributed by atoms with Crippen LogP contribution in [0.15, 0.2) is 75.0 Å². The molecule has 0 radical (unpaired) electrons. The normalized spacial score (nSPS) is 12.3. The zero-order valence-corrected chi connectivity index (χ0v) is 20.0. The van der Waals surface area contributed by atoms with E-state index in [-0.39, 0.29) is 23.8 Å². The Morgan fingerprint density at radius 1 is 1.14 bits per heavy atom. The van der Waals surface area contributed by atoms with Crippen molar-refractivity contribution in [2.75, 3.05) is 12.4 Å². The Bertz CT molecular complexity index is 1460. The van der Waals surface area contributed by atoms with E-state index in [9.17, 15) is 9.59 Å². The van der Waals surface area contributed by atoms with Crippen LogP contribution in [-0.4, -0.2) is 24.3 Å². The fraction of sp³-hybridized carbons (Fsp3) is 0.185. The summed E-state index contributed by atoms with van der Waals surface area (Å²) < 4.78 is 6.41. The maximum absolute atomic E-state index is 13.3. The second kappa shape index (κ2) is 10.2. The maximum atomic E-state index is 13.3. The first-order valence-electron chi connectivity index (χ1n) is 11.1. The van der Waals surface area contributed by atoms with E-state index < -0.39 is 0 Å². The first kappa shape index (κ1) is 23.7. The minimum absolute atomic E-state index is 0.0556. The number of rotatable bonds is 7. The number of pyridine rings is 1. The summed E-state index contributed by atoms with van der Waals surface area (Å²) in [7, 11) is 1.56. The Morgan fingerprint density at radius 2 is 1.91 bits per heavy atom. The number of anilines is 1. The van der Waals surface area contributed by atoms with Gasteiger partial charge in [-0.2, -0.15) is 5.48 Å². The molecule has 2 aromatic heterocycles. The summed E-state index contributed by atoms with van der Waals surface area (Å²) in [6, 6.07) is 16.8. The molecule has 0 saturated heterocycles. The molecule has 0 spiro atoms. The van der Waals surface area contributed by atoms with E-state index in [4.69, 9.17) is 4.42 Å². The Kier molecular flexibility index (Phi) is 6.91. The van der Waals surface area contributed by atoms with Crippen molar-refractivity contribution in [3.63, 3.8) is 0 Å². The Morgan fingerprint density at radius 3 is 2.63 bits per heavy atom. The lowest BCUT2D eigenvalue weighted by molar-refractivity contribution is -0.132. The predicted molar refractivity (Wildman–Crippen MR) is 136 cm³/mol. The van der Waals surface area contributed by atoms with Crippen molar-refractivity contribution >= 4 is 29.0 Å². The number of nitrogens with one attached hydrogen (secondary N) is 2. The molecule has 0 aliphatic carbocycles. The Balaban J connectivity index is 1.82. The van der Waals surface area contributed by atoms with E-state index in [1.807, 2.05) is 62.4 Å². The highest BCUT2D eigenvalue weighted by Gasteiger charge is 2.20. The van der Waals surface area contributed by atoms with Crippen molar-refractivity contribution in [2.24, 2.45) is 4.99 Å². The average molecular weight is 471 g/mol. The lowest BCUT2D eigenvalue weighted by Gasteiger charge is -2.20. The molecule has 2 aromatic carbocycles. The SMILES string of the molecule is CN=C(NOC=O)c1ncccc1NC(C)c1cc(C)cc2c(=O)c(C)c(-c3ccccc3)oc12. The van der Waals surface area contributed by atoms with Crippen molar-refractivity contribution in [3.05, 3.63) is 93.4 Å². The van der Waals surface area contributed by atoms with Crippen molar-refractivity contribution in [1.29, 1.82) is 0 Å². The fourth-order valence-electron chi connectivity index (χ4n) is 4.06. The molecule has 2 heterocycles. The molecular formula is C27H26N4O4. The van der Waals surface area contributed by atoms with Gasteiger partial charge < -0.3 is 14.6 Å². The van der Waals surface area contributed by atoms with Crippen LogP contribution in [0, 0.1) is 13.8 Å². The van der Waals surface area contributed by atoms with Gasteiger partial charge >= 0.3 is 6.47 Å². The van der Waals surface area contributed by atoms with Crippen LogP contribution in [0.4, 0.5) is 5.69 Å². The lowest BCUT2D eigenvalue weighted by Crippen LogP contribution is -2.26. The van der Waals surface area contributed by atoms with E-state index in [2.05, 4.69) is 25.6 Å². The van der Waals surface area contributed by atoms with Crippen LogP contribution in [-0.2, 0) is 9.63 Å². The topological polar surface area (TPSA) is 106 Å². The van der Waals surface area contributed by atoms with Crippen LogP contribution in [0.2, 0.25) is 0 Å². The molecule has 2 N–H and O–H groups in total. The summed E-state index contributed by atoms with van der Waals surface area (Å²) >= 11 is 0. The summed E-state index contributed by atoms with van der Waals surface area (Å²) in [4.78, 5) is 37.1. The second-order valence-corrected chi connectivity index (χ2v) is 8.14. The number of amidine groups is 1. The van der Waals surface area contributed by atoms with Gasteiger partial charge in [-0.1, -0.05) is 36.4 Å². The van der Waals surface area contributed by atoms with E-state index in [1.165, 1.54) is 0 Å². The maximum Gasteiger partial charge on any atom is 0.320 e. The molecular weight excluding hydrogens is 444 g/mol. The summed E-state index contributed by atoms with van der Waals surface area (Å²) in [5.74, 6) is 0.841. The molecule has 8 nitrogen and oxygen atoms in total. The molecule has 178 valence electrons. The van der Waals surface area contributed by atoms with Crippen LogP contribution >= 0.6 is 0 Å². The fourth-order valence-corrected chi connectivity index (χ4v) is 4.06. The van der Waals surface area contributed by atoms with Crippen molar-refractivity contribution in [2.45, 2.75) is 26.8 Å². The van der Waals surface area contributed by atoms with E-state index in [1.54, 1.807) is 26.2 Å². The van der Waals surface area contributed by atoms with Gasteiger partial charge in [-0.3, -0.25) is 19.6 Å². The molecule has 0 saturated carbocycles. The summed E-state index contributed by atoms with van der Waals surface area (Å²) in [5.41, 5.74) is 7.29. The number of carbonyl (C=O) groups excluding carboxylic acids is 1. The number of benzene rings is 2. The Hall–Kier alpha value is -4.46. The molecule has 0 fully saturated rings. The number of hydroxylamine groups is 1. The van der Waals surface area contributed by atoms with E-state index in [0.717, 1.165) is 16.7 Å². The van der Waals surface area contributed by atoms with Gasteiger partial charge in [0.1, 0.15) is 17.0 Å². The van der Waals surface area contributed by atoms with Gasteiger partial charge in [-0.15, -0.1) is 0 Å². The third-order valence-electron chi connectivity index (χ3n) is 5.73. The molecule has 1 unspecified atom stereocenters. The number of aryl methyl sites for hydroxylation is 1. The predicted octanol–water partition coefficient (Wildman–Crippen LogP) is 4.70. The van der Waals surface area contributed by atoms with E-state index in [0.29, 0.717) is 33.7 Å². The Labute approximate surface area is 202 Å². The van der Waals surface area contributed by atoms with Crippen LogP contribution in [0.3, 0.4) is 0 Å². The molecule has 0 aliphatic heterocycles. The van der Waals surface area contributed by atoms with Gasteiger partial charge in [-0.05, 0) is 44.5 Å². The lowest BCUT2D eigenvalue weighted by atomic mass is 9.98. The number of hydrogen-bond donors (Lipinski definition) is 2. The highest BCUT2D eigenvalue weighted by Crippen LogP contribution is 2.32. The molecule has 4 rings (SSSR count).